The molecule has 1 aliphatic carbocycles. The van der Waals surface area contributed by atoms with Crippen LogP contribution >= 0.6 is 0 Å². The topological polar surface area (TPSA) is 67.1 Å². The van der Waals surface area contributed by atoms with Crippen LogP contribution in [-0.2, 0) is 0 Å². The van der Waals surface area contributed by atoms with Crippen LogP contribution in [0.1, 0.15) is 49.4 Å². The fourth-order valence-corrected chi connectivity index (χ4v) is 1.99. The molecule has 0 radical (unpaired) electrons. The first-order chi connectivity index (χ1) is 9.20. The van der Waals surface area contributed by atoms with Crippen molar-refractivity contribution in [2.24, 2.45) is 0 Å². The lowest BCUT2D eigenvalue weighted by Gasteiger charge is -2.12. The molecule has 0 unspecified atom stereocenters. The number of amides is 1. The van der Waals surface area contributed by atoms with E-state index in [0.717, 1.165) is 31.5 Å². The number of nitrogen functional groups attached to an aromatic ring is 1. The average Bonchev–Trinajstić information content (AvgIpc) is 3.20. The van der Waals surface area contributed by atoms with Crippen molar-refractivity contribution in [3.8, 4) is 0 Å². The molecule has 0 bridgehead atoms. The Bertz CT molecular complexity index is 441. The molecular formula is C15H23N3O. The quantitative estimate of drug-likeness (QED) is 0.522. The van der Waals surface area contributed by atoms with Crippen LogP contribution in [0.3, 0.4) is 0 Å². The molecule has 0 saturated heterocycles. The lowest BCUT2D eigenvalue weighted by Crippen LogP contribution is -2.26. The van der Waals surface area contributed by atoms with Crippen LogP contribution in [-0.4, -0.2) is 18.5 Å². The van der Waals surface area contributed by atoms with Crippen molar-refractivity contribution in [1.82, 2.24) is 5.32 Å². The molecule has 2 rings (SSSR count). The zero-order chi connectivity index (χ0) is 13.7. The maximum Gasteiger partial charge on any atom is 0.253 e. The Morgan fingerprint density at radius 2 is 2.16 bits per heavy atom. The van der Waals surface area contributed by atoms with Crippen LogP contribution in [0.15, 0.2) is 18.2 Å². The number of anilines is 2. The molecule has 1 saturated carbocycles. The molecule has 0 aliphatic heterocycles. The summed E-state index contributed by atoms with van der Waals surface area (Å²) in [5.41, 5.74) is 7.94. The van der Waals surface area contributed by atoms with Crippen LogP contribution in [0.2, 0.25) is 0 Å². The number of carbonyl (C=O) groups is 1. The second-order valence-electron chi connectivity index (χ2n) is 5.19. The molecule has 0 spiro atoms. The minimum absolute atomic E-state index is 0.0206. The number of unbranched alkanes of at least 4 members (excludes halogenated alkanes) is 2. The van der Waals surface area contributed by atoms with Gasteiger partial charge < -0.3 is 16.4 Å². The molecule has 0 atom stereocenters. The number of hydrogen-bond donors (Lipinski definition) is 3. The summed E-state index contributed by atoms with van der Waals surface area (Å²) in [6.07, 6.45) is 5.69. The summed E-state index contributed by atoms with van der Waals surface area (Å²) >= 11 is 0. The number of carbonyl (C=O) groups excluding carboxylic acids is 1. The van der Waals surface area contributed by atoms with Crippen molar-refractivity contribution >= 4 is 17.3 Å². The third-order valence-corrected chi connectivity index (χ3v) is 3.30. The van der Waals surface area contributed by atoms with E-state index >= 15 is 0 Å². The highest BCUT2D eigenvalue weighted by Gasteiger charge is 2.24. The summed E-state index contributed by atoms with van der Waals surface area (Å²) in [5, 5.41) is 6.34. The van der Waals surface area contributed by atoms with E-state index < -0.39 is 0 Å². The Kier molecular flexibility index (Phi) is 4.66. The van der Waals surface area contributed by atoms with Gasteiger partial charge in [0.05, 0.1) is 5.56 Å². The maximum atomic E-state index is 12.2. The van der Waals surface area contributed by atoms with E-state index in [1.54, 1.807) is 6.07 Å². The number of rotatable bonds is 7. The van der Waals surface area contributed by atoms with Gasteiger partial charge in [0.15, 0.2) is 0 Å². The first-order valence-electron chi connectivity index (χ1n) is 7.15. The Labute approximate surface area is 114 Å². The van der Waals surface area contributed by atoms with Crippen molar-refractivity contribution in [3.05, 3.63) is 23.8 Å². The molecule has 1 amide bonds. The van der Waals surface area contributed by atoms with Gasteiger partial charge in [0.25, 0.3) is 5.91 Å². The number of hydrogen-bond acceptors (Lipinski definition) is 3. The SMILES string of the molecule is CCCCCNc1ccc(N)cc1C(=O)NC1CC1. The zero-order valence-electron chi connectivity index (χ0n) is 11.5. The van der Waals surface area contributed by atoms with Crippen LogP contribution in [0.25, 0.3) is 0 Å². The van der Waals surface area contributed by atoms with E-state index in [2.05, 4.69) is 17.6 Å². The van der Waals surface area contributed by atoms with Crippen LogP contribution in [0, 0.1) is 0 Å². The molecule has 1 aromatic carbocycles. The molecule has 1 aliphatic rings. The van der Waals surface area contributed by atoms with E-state index in [9.17, 15) is 4.79 Å². The Morgan fingerprint density at radius 3 is 2.84 bits per heavy atom. The summed E-state index contributed by atoms with van der Waals surface area (Å²) in [6.45, 7) is 3.07. The second-order valence-corrected chi connectivity index (χ2v) is 5.19. The molecule has 4 heteroatoms. The van der Waals surface area contributed by atoms with Crippen molar-refractivity contribution in [1.29, 1.82) is 0 Å². The standard InChI is InChI=1S/C15H23N3O/c1-2-3-4-9-17-14-8-5-11(16)10-13(14)15(19)18-12-6-7-12/h5,8,10,12,17H,2-4,6-7,9,16H2,1H3,(H,18,19). The van der Waals surface area contributed by atoms with E-state index in [1.807, 2.05) is 12.1 Å². The maximum absolute atomic E-state index is 12.2. The highest BCUT2D eigenvalue weighted by molar-refractivity contribution is 6.00. The van der Waals surface area contributed by atoms with Gasteiger partial charge in [-0.25, -0.2) is 0 Å². The van der Waals surface area contributed by atoms with E-state index in [-0.39, 0.29) is 5.91 Å². The summed E-state index contributed by atoms with van der Waals surface area (Å²) in [5.74, 6) is -0.0206. The molecule has 0 heterocycles. The lowest BCUT2D eigenvalue weighted by molar-refractivity contribution is 0.0952. The van der Waals surface area contributed by atoms with Crippen LogP contribution in [0.4, 0.5) is 11.4 Å². The molecule has 4 nitrogen and oxygen atoms in total. The molecule has 4 N–H and O–H groups in total. The molecular weight excluding hydrogens is 238 g/mol. The predicted octanol–water partition coefficient (Wildman–Crippen LogP) is 2.76. The van der Waals surface area contributed by atoms with Gasteiger partial charge in [0.1, 0.15) is 0 Å². The van der Waals surface area contributed by atoms with Gasteiger partial charge in [-0.3, -0.25) is 4.79 Å². The van der Waals surface area contributed by atoms with E-state index in [1.165, 1.54) is 12.8 Å². The Morgan fingerprint density at radius 1 is 1.37 bits per heavy atom. The van der Waals surface area contributed by atoms with Crippen molar-refractivity contribution in [2.45, 2.75) is 45.1 Å². The summed E-state index contributed by atoms with van der Waals surface area (Å²) < 4.78 is 0. The highest BCUT2D eigenvalue weighted by Crippen LogP contribution is 2.23. The second kappa shape index (κ2) is 6.45. The van der Waals surface area contributed by atoms with Gasteiger partial charge in [0, 0.05) is 24.0 Å². The highest BCUT2D eigenvalue weighted by atomic mass is 16.1. The Balaban J connectivity index is 2.01. The third-order valence-electron chi connectivity index (χ3n) is 3.30. The minimum atomic E-state index is -0.0206. The number of nitrogens with one attached hydrogen (secondary N) is 2. The van der Waals surface area contributed by atoms with Crippen molar-refractivity contribution in [2.75, 3.05) is 17.6 Å². The fraction of sp³-hybridized carbons (Fsp3) is 0.533. The van der Waals surface area contributed by atoms with Gasteiger partial charge in [-0.15, -0.1) is 0 Å². The number of benzene rings is 1. The largest absolute Gasteiger partial charge is 0.399 e. The number of nitrogens with two attached hydrogens (primary N) is 1. The predicted molar refractivity (Wildman–Crippen MR) is 79.4 cm³/mol. The van der Waals surface area contributed by atoms with Gasteiger partial charge in [-0.05, 0) is 37.5 Å². The molecule has 1 aromatic rings. The fourth-order valence-electron chi connectivity index (χ4n) is 1.99. The van der Waals surface area contributed by atoms with Crippen LogP contribution in [0.5, 0.6) is 0 Å². The van der Waals surface area contributed by atoms with E-state index in [4.69, 9.17) is 5.73 Å². The third kappa shape index (κ3) is 4.16. The van der Waals surface area contributed by atoms with Gasteiger partial charge in [0.2, 0.25) is 0 Å². The lowest BCUT2D eigenvalue weighted by atomic mass is 10.1. The normalized spacial score (nSPS) is 14.2. The molecule has 19 heavy (non-hydrogen) atoms. The molecule has 104 valence electrons. The Hall–Kier alpha value is -1.71. The zero-order valence-corrected chi connectivity index (χ0v) is 11.5. The van der Waals surface area contributed by atoms with Gasteiger partial charge in [-0.2, -0.15) is 0 Å². The van der Waals surface area contributed by atoms with Gasteiger partial charge >= 0.3 is 0 Å². The molecule has 0 aromatic heterocycles. The van der Waals surface area contributed by atoms with Crippen molar-refractivity contribution in [3.63, 3.8) is 0 Å². The summed E-state index contributed by atoms with van der Waals surface area (Å²) in [6, 6.07) is 5.83. The van der Waals surface area contributed by atoms with Crippen LogP contribution < -0.4 is 16.4 Å². The summed E-state index contributed by atoms with van der Waals surface area (Å²) in [4.78, 5) is 12.2. The first kappa shape index (κ1) is 13.7. The average molecular weight is 261 g/mol. The smallest absolute Gasteiger partial charge is 0.253 e. The van der Waals surface area contributed by atoms with Crippen molar-refractivity contribution < 1.29 is 4.79 Å². The monoisotopic (exact) mass is 261 g/mol. The van der Waals surface area contributed by atoms with E-state index in [0.29, 0.717) is 17.3 Å². The van der Waals surface area contributed by atoms with Gasteiger partial charge in [-0.1, -0.05) is 19.8 Å². The minimum Gasteiger partial charge on any atom is -0.399 e. The first-order valence-corrected chi connectivity index (χ1v) is 7.15. The molecule has 1 fully saturated rings. The summed E-state index contributed by atoms with van der Waals surface area (Å²) in [7, 11) is 0.